The van der Waals surface area contributed by atoms with Crippen LogP contribution in [-0.4, -0.2) is 89.2 Å². The van der Waals surface area contributed by atoms with E-state index >= 15 is 0 Å². The van der Waals surface area contributed by atoms with Crippen LogP contribution < -0.4 is 24.8 Å². The van der Waals surface area contributed by atoms with Gasteiger partial charge in [-0.3, -0.25) is 9.59 Å². The minimum atomic E-state index is -0.668. The first-order valence-corrected chi connectivity index (χ1v) is 17.3. The number of nitrogens with zero attached hydrogens (tertiary/aromatic N) is 4. The molecule has 3 N–H and O–H groups in total. The highest BCUT2D eigenvalue weighted by atomic mass is 16.6. The number of H-pyrrole nitrogens is 1. The van der Waals surface area contributed by atoms with E-state index in [1.165, 1.54) is 6.08 Å². The predicted molar refractivity (Wildman–Crippen MR) is 200 cm³/mol. The number of piperidine rings is 1. The number of amides is 3. The van der Waals surface area contributed by atoms with E-state index < -0.39 is 17.1 Å². The maximum absolute atomic E-state index is 14.5. The standard InChI is InChI=1S/C39H45N7O7/c1-8-33(47)41-27-12-9-10-13-28(27)43-36-40-16-14-29(44-36)30-20-25-34(42-30)39(15-11-17-45(22-39)37(49)53-38(2,3)4)23-46(35(25)48)21-26-31(51-6)18-24(50-5)19-32(26)52-7/h8-10,12-14,16,18-20,42H,1,11,15,17,21-23H2,2-7H3,(H,41,47)(H,40,43,44). The number of aromatic amines is 1. The number of hydrogen-bond acceptors (Lipinski definition) is 10. The average Bonchev–Trinajstić information content (AvgIpc) is 3.61. The first-order valence-electron chi connectivity index (χ1n) is 17.3. The minimum absolute atomic E-state index is 0.187. The molecular formula is C39H45N7O7. The van der Waals surface area contributed by atoms with E-state index in [4.69, 9.17) is 23.9 Å². The maximum Gasteiger partial charge on any atom is 0.410 e. The van der Waals surface area contributed by atoms with Crippen LogP contribution in [0.15, 0.2) is 67.4 Å². The van der Waals surface area contributed by atoms with Crippen LogP contribution >= 0.6 is 0 Å². The smallest absolute Gasteiger partial charge is 0.410 e. The lowest BCUT2D eigenvalue weighted by Crippen LogP contribution is -2.58. The van der Waals surface area contributed by atoms with E-state index in [1.807, 2.05) is 32.9 Å². The zero-order valence-corrected chi connectivity index (χ0v) is 30.9. The van der Waals surface area contributed by atoms with Crippen LogP contribution in [0.1, 0.15) is 55.2 Å². The molecule has 53 heavy (non-hydrogen) atoms. The summed E-state index contributed by atoms with van der Waals surface area (Å²) in [6, 6.07) is 14.3. The van der Waals surface area contributed by atoms with Crippen molar-refractivity contribution in [2.45, 2.75) is 51.2 Å². The summed E-state index contributed by atoms with van der Waals surface area (Å²) in [7, 11) is 4.69. The lowest BCUT2D eigenvalue weighted by atomic mass is 9.73. The van der Waals surface area contributed by atoms with Crippen molar-refractivity contribution in [1.82, 2.24) is 24.8 Å². The fourth-order valence-electron chi connectivity index (χ4n) is 6.94. The number of aromatic nitrogens is 3. The van der Waals surface area contributed by atoms with Gasteiger partial charge in [-0.2, -0.15) is 0 Å². The third-order valence-electron chi connectivity index (χ3n) is 9.30. The molecule has 1 saturated heterocycles. The molecule has 2 aliphatic rings. The monoisotopic (exact) mass is 723 g/mol. The molecule has 2 aromatic heterocycles. The summed E-state index contributed by atoms with van der Waals surface area (Å²) in [6.45, 7) is 10.4. The molecule has 0 radical (unpaired) electrons. The number of carbonyl (C=O) groups excluding carboxylic acids is 3. The largest absolute Gasteiger partial charge is 0.496 e. The van der Waals surface area contributed by atoms with Crippen LogP contribution in [0.2, 0.25) is 0 Å². The fourth-order valence-corrected chi connectivity index (χ4v) is 6.94. The van der Waals surface area contributed by atoms with Crippen molar-refractivity contribution in [3.8, 4) is 28.6 Å². The van der Waals surface area contributed by atoms with Gasteiger partial charge in [0.15, 0.2) is 0 Å². The molecule has 278 valence electrons. The van der Waals surface area contributed by atoms with E-state index in [1.54, 1.807) is 73.7 Å². The summed E-state index contributed by atoms with van der Waals surface area (Å²) in [5, 5.41) is 5.97. The Bertz CT molecular complexity index is 2010. The lowest BCUT2D eigenvalue weighted by molar-refractivity contribution is -0.111. The second-order valence-corrected chi connectivity index (χ2v) is 14.1. The van der Waals surface area contributed by atoms with E-state index in [-0.39, 0.29) is 24.3 Å². The molecule has 1 atom stereocenters. The molecule has 6 rings (SSSR count). The minimum Gasteiger partial charge on any atom is -0.496 e. The van der Waals surface area contributed by atoms with Crippen molar-refractivity contribution >= 4 is 35.2 Å². The molecule has 1 spiro atoms. The first-order chi connectivity index (χ1) is 25.4. The SMILES string of the molecule is C=CC(=O)Nc1ccccc1Nc1nccc(-c2cc3c([nH]2)C2(CCCN(C(=O)OC(C)(C)C)C2)CN(Cc2c(OC)cc(OC)cc2OC)C3=O)n1. The zero-order chi connectivity index (χ0) is 37.9. The van der Waals surface area contributed by atoms with Gasteiger partial charge in [-0.15, -0.1) is 0 Å². The molecule has 0 aliphatic carbocycles. The fraction of sp³-hybridized carbons (Fsp3) is 0.359. The quantitative estimate of drug-likeness (QED) is 0.159. The number of methoxy groups -OCH3 is 3. The van der Waals surface area contributed by atoms with Crippen LogP contribution in [-0.2, 0) is 21.5 Å². The topological polar surface area (TPSA) is 160 Å². The Morgan fingerprint density at radius 3 is 2.40 bits per heavy atom. The van der Waals surface area contributed by atoms with Gasteiger partial charge in [0.25, 0.3) is 5.91 Å². The Hall–Kier alpha value is -6.05. The molecule has 4 heterocycles. The Kier molecular flexibility index (Phi) is 10.3. The molecule has 14 heteroatoms. The molecule has 4 aromatic rings. The van der Waals surface area contributed by atoms with Gasteiger partial charge in [-0.05, 0) is 64.0 Å². The van der Waals surface area contributed by atoms with Crippen molar-refractivity contribution in [1.29, 1.82) is 0 Å². The number of likely N-dealkylation sites (tertiary alicyclic amines) is 1. The summed E-state index contributed by atoms with van der Waals surface area (Å²) in [4.78, 5) is 56.2. The molecule has 14 nitrogen and oxygen atoms in total. The van der Waals surface area contributed by atoms with E-state index in [0.717, 1.165) is 5.69 Å². The molecule has 0 saturated carbocycles. The third-order valence-corrected chi connectivity index (χ3v) is 9.30. The summed E-state index contributed by atoms with van der Waals surface area (Å²) in [6.07, 6.45) is 3.83. The number of rotatable bonds is 10. The van der Waals surface area contributed by atoms with Gasteiger partial charge in [-0.1, -0.05) is 18.7 Å². The van der Waals surface area contributed by atoms with Crippen LogP contribution in [0.3, 0.4) is 0 Å². The Labute approximate surface area is 308 Å². The predicted octanol–water partition coefficient (Wildman–Crippen LogP) is 6.29. The molecule has 3 amide bonds. The number of para-hydroxylation sites is 2. The maximum atomic E-state index is 14.5. The second-order valence-electron chi connectivity index (χ2n) is 14.1. The summed E-state index contributed by atoms with van der Waals surface area (Å²) in [5.41, 5.74) is 2.86. The van der Waals surface area contributed by atoms with Gasteiger partial charge in [0.2, 0.25) is 11.9 Å². The number of nitrogens with one attached hydrogen (secondary N) is 3. The second kappa shape index (κ2) is 14.9. The van der Waals surface area contributed by atoms with Crippen LogP contribution in [0.4, 0.5) is 22.1 Å². The van der Waals surface area contributed by atoms with E-state index in [0.29, 0.717) is 83.6 Å². The van der Waals surface area contributed by atoms with Gasteiger partial charge in [-0.25, -0.2) is 14.8 Å². The summed E-state index contributed by atoms with van der Waals surface area (Å²) >= 11 is 0. The number of carbonyl (C=O) groups is 3. The van der Waals surface area contributed by atoms with Crippen molar-refractivity contribution in [2.24, 2.45) is 0 Å². The van der Waals surface area contributed by atoms with Crippen molar-refractivity contribution in [2.75, 3.05) is 51.6 Å². The van der Waals surface area contributed by atoms with Crippen molar-refractivity contribution in [3.05, 3.63) is 84.2 Å². The van der Waals surface area contributed by atoms with Gasteiger partial charge in [0, 0.05) is 49.1 Å². The van der Waals surface area contributed by atoms with Crippen LogP contribution in [0.25, 0.3) is 11.4 Å². The van der Waals surface area contributed by atoms with Crippen molar-refractivity contribution < 1.29 is 33.3 Å². The number of hydrogen-bond donors (Lipinski definition) is 3. The Morgan fingerprint density at radius 1 is 1.02 bits per heavy atom. The van der Waals surface area contributed by atoms with Gasteiger partial charge < -0.3 is 44.4 Å². The van der Waals surface area contributed by atoms with Crippen molar-refractivity contribution in [3.63, 3.8) is 0 Å². The Morgan fingerprint density at radius 2 is 1.74 bits per heavy atom. The third kappa shape index (κ3) is 7.76. The number of anilines is 3. The lowest BCUT2D eigenvalue weighted by Gasteiger charge is -2.47. The number of fused-ring (bicyclic) bond motifs is 2. The first kappa shape index (κ1) is 36.7. The highest BCUT2D eigenvalue weighted by molar-refractivity contribution is 6.01. The molecule has 2 aromatic carbocycles. The molecule has 1 fully saturated rings. The normalized spacial score (nSPS) is 16.8. The van der Waals surface area contributed by atoms with E-state index in [9.17, 15) is 14.4 Å². The van der Waals surface area contributed by atoms with Gasteiger partial charge in [0.1, 0.15) is 22.8 Å². The van der Waals surface area contributed by atoms with Gasteiger partial charge in [0.05, 0.1) is 61.8 Å². The number of ether oxygens (including phenoxy) is 4. The average molecular weight is 724 g/mol. The highest BCUT2D eigenvalue weighted by Crippen LogP contribution is 2.44. The zero-order valence-electron chi connectivity index (χ0n) is 30.9. The van der Waals surface area contributed by atoms with Gasteiger partial charge >= 0.3 is 6.09 Å². The molecule has 2 aliphatic heterocycles. The molecule has 1 unspecified atom stereocenters. The highest BCUT2D eigenvalue weighted by Gasteiger charge is 2.49. The Balaban J connectivity index is 1.39. The summed E-state index contributed by atoms with van der Waals surface area (Å²) < 4.78 is 22.7. The summed E-state index contributed by atoms with van der Waals surface area (Å²) in [5.74, 6) is 1.34. The van der Waals surface area contributed by atoms with E-state index in [2.05, 4.69) is 27.2 Å². The molecular weight excluding hydrogens is 678 g/mol. The molecule has 0 bridgehead atoms. The van der Waals surface area contributed by atoms with Crippen LogP contribution in [0.5, 0.6) is 17.2 Å². The van der Waals surface area contributed by atoms with Crippen LogP contribution in [0, 0.1) is 0 Å². The number of benzene rings is 2.